The van der Waals surface area contributed by atoms with Crippen LogP contribution in [0.2, 0.25) is 0 Å². The van der Waals surface area contributed by atoms with Crippen LogP contribution in [0.25, 0.3) is 0 Å². The fourth-order valence-electron chi connectivity index (χ4n) is 2.70. The zero-order chi connectivity index (χ0) is 10.5. The molecule has 2 aliphatic heterocycles. The Labute approximate surface area is 98.4 Å². The molecule has 0 N–H and O–H groups in total. The summed E-state index contributed by atoms with van der Waals surface area (Å²) in [5.74, 6) is 0. The summed E-state index contributed by atoms with van der Waals surface area (Å²) in [5.41, 5.74) is 2.73. The maximum Gasteiger partial charge on any atom is 0.108 e. The van der Waals surface area contributed by atoms with Gasteiger partial charge in [0.2, 0.25) is 0 Å². The number of likely N-dealkylation sites (tertiary alicyclic amines) is 1. The first-order chi connectivity index (χ1) is 7.20. The van der Waals surface area contributed by atoms with E-state index in [0.717, 1.165) is 30.6 Å². The van der Waals surface area contributed by atoms with Gasteiger partial charge < -0.3 is 9.64 Å². The lowest BCUT2D eigenvalue weighted by molar-refractivity contribution is -0.0280. The third-order valence-electron chi connectivity index (χ3n) is 3.49. The van der Waals surface area contributed by atoms with Crippen molar-refractivity contribution in [2.45, 2.75) is 18.6 Å². The molecule has 1 aromatic carbocycles. The van der Waals surface area contributed by atoms with E-state index in [1.807, 2.05) is 0 Å². The number of likely N-dealkylation sites (N-methyl/N-ethyl adjacent to an activating group) is 1. The Morgan fingerprint density at radius 2 is 2.33 bits per heavy atom. The molecule has 0 aliphatic carbocycles. The molecule has 1 aromatic rings. The minimum Gasteiger partial charge on any atom is -0.364 e. The van der Waals surface area contributed by atoms with Crippen LogP contribution >= 0.6 is 15.9 Å². The van der Waals surface area contributed by atoms with Crippen molar-refractivity contribution in [3.8, 4) is 0 Å². The van der Waals surface area contributed by atoms with Gasteiger partial charge in [0.25, 0.3) is 0 Å². The zero-order valence-electron chi connectivity index (χ0n) is 8.79. The molecule has 1 unspecified atom stereocenters. The fraction of sp³-hybridized carbons (Fsp3) is 0.500. The molecule has 0 bridgehead atoms. The standard InChI is InChI=1S/C12H14BrNO/c1-14-5-4-12(8-14)11-6-10(13)3-2-9(11)7-15-12/h2-3,6H,4-5,7-8H2,1H3. The Bertz CT molecular complexity index is 403. The van der Waals surface area contributed by atoms with Gasteiger partial charge in [0.15, 0.2) is 0 Å². The monoisotopic (exact) mass is 267 g/mol. The summed E-state index contributed by atoms with van der Waals surface area (Å²) in [6.07, 6.45) is 1.12. The number of fused-ring (bicyclic) bond motifs is 2. The molecule has 2 heterocycles. The van der Waals surface area contributed by atoms with Crippen molar-refractivity contribution in [3.05, 3.63) is 33.8 Å². The van der Waals surface area contributed by atoms with Crippen molar-refractivity contribution in [2.24, 2.45) is 0 Å². The number of benzene rings is 1. The fourth-order valence-corrected chi connectivity index (χ4v) is 3.06. The molecule has 15 heavy (non-hydrogen) atoms. The second kappa shape index (κ2) is 3.30. The van der Waals surface area contributed by atoms with Gasteiger partial charge in [-0.3, -0.25) is 0 Å². The van der Waals surface area contributed by atoms with Gasteiger partial charge in [-0.25, -0.2) is 0 Å². The normalized spacial score (nSPS) is 30.0. The molecule has 3 heteroatoms. The average molecular weight is 268 g/mol. The van der Waals surface area contributed by atoms with E-state index in [9.17, 15) is 0 Å². The average Bonchev–Trinajstić information content (AvgIpc) is 2.74. The van der Waals surface area contributed by atoms with E-state index in [0.29, 0.717) is 0 Å². The molecule has 1 fully saturated rings. The van der Waals surface area contributed by atoms with Crippen molar-refractivity contribution in [3.63, 3.8) is 0 Å². The maximum atomic E-state index is 6.03. The van der Waals surface area contributed by atoms with Crippen molar-refractivity contribution < 1.29 is 4.74 Å². The lowest BCUT2D eigenvalue weighted by atomic mass is 9.92. The summed E-state index contributed by atoms with van der Waals surface area (Å²) in [5, 5.41) is 0. The first kappa shape index (κ1) is 9.82. The van der Waals surface area contributed by atoms with Crippen molar-refractivity contribution >= 4 is 15.9 Å². The quantitative estimate of drug-likeness (QED) is 0.717. The topological polar surface area (TPSA) is 12.5 Å². The smallest absolute Gasteiger partial charge is 0.108 e. The van der Waals surface area contributed by atoms with Gasteiger partial charge in [0.05, 0.1) is 6.61 Å². The van der Waals surface area contributed by atoms with Gasteiger partial charge in [0, 0.05) is 17.6 Å². The predicted molar refractivity (Wildman–Crippen MR) is 62.7 cm³/mol. The largest absolute Gasteiger partial charge is 0.364 e. The Hall–Kier alpha value is -0.380. The molecule has 0 amide bonds. The van der Waals surface area contributed by atoms with Crippen LogP contribution < -0.4 is 0 Å². The molecule has 80 valence electrons. The Kier molecular flexibility index (Phi) is 2.16. The Balaban J connectivity index is 2.07. The summed E-state index contributed by atoms with van der Waals surface area (Å²) in [7, 11) is 2.16. The number of rotatable bonds is 0. The molecule has 3 rings (SSSR count). The molecule has 0 aromatic heterocycles. The third kappa shape index (κ3) is 1.45. The van der Waals surface area contributed by atoms with E-state index >= 15 is 0 Å². The van der Waals surface area contributed by atoms with E-state index < -0.39 is 0 Å². The second-order valence-corrected chi connectivity index (χ2v) is 5.49. The van der Waals surface area contributed by atoms with Crippen LogP contribution in [-0.4, -0.2) is 25.0 Å². The highest BCUT2D eigenvalue weighted by atomic mass is 79.9. The summed E-state index contributed by atoms with van der Waals surface area (Å²) in [6.45, 7) is 2.93. The van der Waals surface area contributed by atoms with E-state index in [2.05, 4.69) is 46.1 Å². The van der Waals surface area contributed by atoms with Crippen LogP contribution in [0.4, 0.5) is 0 Å². The summed E-state index contributed by atoms with van der Waals surface area (Å²) in [6, 6.07) is 6.49. The summed E-state index contributed by atoms with van der Waals surface area (Å²) < 4.78 is 7.19. The van der Waals surface area contributed by atoms with Gasteiger partial charge in [-0.05, 0) is 36.7 Å². The number of nitrogens with zero attached hydrogens (tertiary/aromatic N) is 1. The van der Waals surface area contributed by atoms with Crippen molar-refractivity contribution in [2.75, 3.05) is 20.1 Å². The van der Waals surface area contributed by atoms with Crippen LogP contribution in [0.5, 0.6) is 0 Å². The van der Waals surface area contributed by atoms with Crippen LogP contribution in [-0.2, 0) is 16.9 Å². The van der Waals surface area contributed by atoms with E-state index in [1.165, 1.54) is 11.1 Å². The maximum absolute atomic E-state index is 6.03. The Morgan fingerprint density at radius 3 is 3.07 bits per heavy atom. The molecule has 1 saturated heterocycles. The number of halogens is 1. The Morgan fingerprint density at radius 1 is 1.47 bits per heavy atom. The molecule has 0 saturated carbocycles. The van der Waals surface area contributed by atoms with E-state index in [4.69, 9.17) is 4.74 Å². The van der Waals surface area contributed by atoms with Crippen molar-refractivity contribution in [1.82, 2.24) is 4.90 Å². The van der Waals surface area contributed by atoms with Gasteiger partial charge in [-0.2, -0.15) is 0 Å². The predicted octanol–water partition coefficient (Wildman–Crippen LogP) is 2.51. The molecule has 1 spiro atoms. The third-order valence-corrected chi connectivity index (χ3v) is 3.98. The molecular formula is C12H14BrNO. The minimum atomic E-state index is -0.0200. The van der Waals surface area contributed by atoms with E-state index in [-0.39, 0.29) is 5.60 Å². The minimum absolute atomic E-state index is 0.0200. The highest BCUT2D eigenvalue weighted by Crippen LogP contribution is 2.43. The first-order valence-electron chi connectivity index (χ1n) is 5.31. The van der Waals surface area contributed by atoms with E-state index in [1.54, 1.807) is 0 Å². The van der Waals surface area contributed by atoms with Crippen molar-refractivity contribution in [1.29, 1.82) is 0 Å². The molecule has 1 atom stereocenters. The van der Waals surface area contributed by atoms with Crippen LogP contribution in [0, 0.1) is 0 Å². The number of hydrogen-bond donors (Lipinski definition) is 0. The molecule has 2 aliphatic rings. The van der Waals surface area contributed by atoms with Gasteiger partial charge in [0.1, 0.15) is 5.60 Å². The zero-order valence-corrected chi connectivity index (χ0v) is 10.4. The lowest BCUT2D eigenvalue weighted by Gasteiger charge is -2.23. The highest BCUT2D eigenvalue weighted by Gasteiger charge is 2.44. The summed E-state index contributed by atoms with van der Waals surface area (Å²) in [4.78, 5) is 2.34. The van der Waals surface area contributed by atoms with Crippen LogP contribution in [0.15, 0.2) is 22.7 Å². The highest BCUT2D eigenvalue weighted by molar-refractivity contribution is 9.10. The van der Waals surface area contributed by atoms with Gasteiger partial charge >= 0.3 is 0 Å². The van der Waals surface area contributed by atoms with Gasteiger partial charge in [-0.15, -0.1) is 0 Å². The number of hydrogen-bond acceptors (Lipinski definition) is 2. The lowest BCUT2D eigenvalue weighted by Crippen LogP contribution is -2.28. The molecule has 2 nitrogen and oxygen atoms in total. The SMILES string of the molecule is CN1CCC2(C1)OCc1ccc(Br)cc12. The number of ether oxygens (including phenoxy) is 1. The summed E-state index contributed by atoms with van der Waals surface area (Å²) >= 11 is 3.54. The molecule has 0 radical (unpaired) electrons. The second-order valence-electron chi connectivity index (χ2n) is 4.57. The van der Waals surface area contributed by atoms with Crippen LogP contribution in [0.3, 0.4) is 0 Å². The van der Waals surface area contributed by atoms with Crippen LogP contribution in [0.1, 0.15) is 17.5 Å². The van der Waals surface area contributed by atoms with Gasteiger partial charge in [-0.1, -0.05) is 22.0 Å². The first-order valence-corrected chi connectivity index (χ1v) is 6.10. The molecular weight excluding hydrogens is 254 g/mol.